The van der Waals surface area contributed by atoms with E-state index in [1.165, 1.54) is 37.8 Å². The van der Waals surface area contributed by atoms with Gasteiger partial charge >= 0.3 is 0 Å². The molecule has 0 aliphatic heterocycles. The summed E-state index contributed by atoms with van der Waals surface area (Å²) in [6.45, 7) is 2.24. The number of hydrogen-bond donors (Lipinski definition) is 1. The van der Waals surface area contributed by atoms with E-state index in [1.54, 1.807) is 0 Å². The molecule has 0 bridgehead atoms. The van der Waals surface area contributed by atoms with Crippen LogP contribution in [-0.2, 0) is 0 Å². The molecule has 1 N–H and O–H groups in total. The highest BCUT2D eigenvalue weighted by molar-refractivity contribution is 9.10. The van der Waals surface area contributed by atoms with Crippen LogP contribution in [0.5, 0.6) is 0 Å². The van der Waals surface area contributed by atoms with Crippen LogP contribution >= 0.6 is 15.9 Å². The van der Waals surface area contributed by atoms with Gasteiger partial charge in [0.05, 0.1) is 0 Å². The Morgan fingerprint density at radius 2 is 2.25 bits per heavy atom. The average molecular weight is 286 g/mol. The Balaban J connectivity index is 2.08. The van der Waals surface area contributed by atoms with E-state index in [-0.39, 0.29) is 5.82 Å². The number of rotatable bonds is 3. The lowest BCUT2D eigenvalue weighted by atomic mass is 10.0. The molecule has 1 fully saturated rings. The first kappa shape index (κ1) is 11.9. The van der Waals surface area contributed by atoms with Crippen molar-refractivity contribution < 1.29 is 4.39 Å². The van der Waals surface area contributed by atoms with E-state index in [0.717, 1.165) is 16.1 Å². The lowest BCUT2D eigenvalue weighted by Gasteiger charge is -2.21. The number of anilines is 1. The predicted molar refractivity (Wildman–Crippen MR) is 69.1 cm³/mol. The van der Waals surface area contributed by atoms with Crippen LogP contribution in [0.2, 0.25) is 0 Å². The molecule has 1 saturated carbocycles. The minimum absolute atomic E-state index is 0.198. The molecule has 2 unspecified atom stereocenters. The maximum Gasteiger partial charge on any atom is 0.124 e. The third-order valence-corrected chi connectivity index (χ3v) is 4.11. The first-order valence-corrected chi connectivity index (χ1v) is 6.71. The van der Waals surface area contributed by atoms with Gasteiger partial charge in [-0.3, -0.25) is 0 Å². The lowest BCUT2D eigenvalue weighted by Crippen LogP contribution is -2.23. The topological polar surface area (TPSA) is 12.0 Å². The van der Waals surface area contributed by atoms with E-state index in [2.05, 4.69) is 28.2 Å². The van der Waals surface area contributed by atoms with Crippen molar-refractivity contribution in [2.45, 2.75) is 38.6 Å². The van der Waals surface area contributed by atoms with Crippen LogP contribution in [0.15, 0.2) is 22.7 Å². The number of nitrogens with one attached hydrogen (secondary N) is 1. The zero-order chi connectivity index (χ0) is 11.5. The van der Waals surface area contributed by atoms with Crippen molar-refractivity contribution in [1.29, 1.82) is 0 Å². The summed E-state index contributed by atoms with van der Waals surface area (Å²) in [6.07, 6.45) is 5.06. The van der Waals surface area contributed by atoms with Gasteiger partial charge in [-0.25, -0.2) is 4.39 Å². The third kappa shape index (κ3) is 2.57. The fourth-order valence-corrected chi connectivity index (χ4v) is 2.99. The zero-order valence-corrected chi connectivity index (χ0v) is 11.1. The van der Waals surface area contributed by atoms with Gasteiger partial charge in [0.1, 0.15) is 5.82 Å². The van der Waals surface area contributed by atoms with Crippen molar-refractivity contribution in [2.75, 3.05) is 5.32 Å². The highest BCUT2D eigenvalue weighted by Gasteiger charge is 2.25. The highest BCUT2D eigenvalue weighted by atomic mass is 79.9. The minimum Gasteiger partial charge on any atom is -0.381 e. The van der Waals surface area contributed by atoms with Gasteiger partial charge in [0, 0.05) is 16.2 Å². The second-order valence-electron chi connectivity index (χ2n) is 4.47. The molecule has 0 heterocycles. The van der Waals surface area contributed by atoms with Crippen LogP contribution in [0.3, 0.4) is 0 Å². The molecule has 1 aliphatic rings. The molecule has 1 aliphatic carbocycles. The van der Waals surface area contributed by atoms with Crippen molar-refractivity contribution >= 4 is 21.6 Å². The van der Waals surface area contributed by atoms with Crippen LogP contribution in [-0.4, -0.2) is 6.04 Å². The molecule has 2 rings (SSSR count). The Labute approximate surface area is 105 Å². The standard InChI is InChI=1S/C13H17BrFN/c1-2-9-4-3-5-12(9)16-13-7-6-10(15)8-11(13)14/h6-9,12,16H,2-5H2,1H3. The molecule has 1 aromatic carbocycles. The van der Waals surface area contributed by atoms with Crippen LogP contribution in [0, 0.1) is 11.7 Å². The monoisotopic (exact) mass is 285 g/mol. The van der Waals surface area contributed by atoms with E-state index in [1.807, 2.05) is 6.07 Å². The fraction of sp³-hybridized carbons (Fsp3) is 0.538. The Hall–Kier alpha value is -0.570. The molecule has 88 valence electrons. The van der Waals surface area contributed by atoms with E-state index in [4.69, 9.17) is 0 Å². The third-order valence-electron chi connectivity index (χ3n) is 3.46. The summed E-state index contributed by atoms with van der Waals surface area (Å²) < 4.78 is 13.8. The predicted octanol–water partition coefficient (Wildman–Crippen LogP) is 4.58. The number of halogens is 2. The van der Waals surface area contributed by atoms with Gasteiger partial charge in [-0.2, -0.15) is 0 Å². The summed E-state index contributed by atoms with van der Waals surface area (Å²) in [5.41, 5.74) is 1.01. The highest BCUT2D eigenvalue weighted by Crippen LogP contribution is 2.33. The quantitative estimate of drug-likeness (QED) is 0.857. The largest absolute Gasteiger partial charge is 0.381 e. The Bertz CT molecular complexity index is 367. The van der Waals surface area contributed by atoms with E-state index in [0.29, 0.717) is 6.04 Å². The maximum atomic E-state index is 12.9. The summed E-state index contributed by atoms with van der Waals surface area (Å²) in [4.78, 5) is 0. The number of hydrogen-bond acceptors (Lipinski definition) is 1. The van der Waals surface area contributed by atoms with Crippen LogP contribution in [0.4, 0.5) is 10.1 Å². The summed E-state index contributed by atoms with van der Waals surface area (Å²) in [6, 6.07) is 5.37. The molecule has 0 saturated heterocycles. The first-order valence-electron chi connectivity index (χ1n) is 5.92. The summed E-state index contributed by atoms with van der Waals surface area (Å²) in [5, 5.41) is 3.52. The molecular weight excluding hydrogens is 269 g/mol. The second-order valence-corrected chi connectivity index (χ2v) is 5.33. The number of benzene rings is 1. The molecule has 0 spiro atoms. The van der Waals surface area contributed by atoms with Gasteiger partial charge in [0.2, 0.25) is 0 Å². The molecule has 1 nitrogen and oxygen atoms in total. The molecule has 1 aromatic rings. The van der Waals surface area contributed by atoms with E-state index in [9.17, 15) is 4.39 Å². The van der Waals surface area contributed by atoms with Gasteiger partial charge in [0.25, 0.3) is 0 Å². The van der Waals surface area contributed by atoms with Gasteiger partial charge in [-0.05, 0) is 52.9 Å². The smallest absolute Gasteiger partial charge is 0.124 e. The SMILES string of the molecule is CCC1CCCC1Nc1ccc(F)cc1Br. The maximum absolute atomic E-state index is 12.9. The van der Waals surface area contributed by atoms with Crippen LogP contribution in [0.1, 0.15) is 32.6 Å². The summed E-state index contributed by atoms with van der Waals surface area (Å²) in [5.74, 6) is 0.563. The molecule has 0 radical (unpaired) electrons. The molecule has 16 heavy (non-hydrogen) atoms. The van der Waals surface area contributed by atoms with Crippen molar-refractivity contribution in [3.63, 3.8) is 0 Å². The minimum atomic E-state index is -0.198. The molecule has 3 heteroatoms. The van der Waals surface area contributed by atoms with Gasteiger partial charge < -0.3 is 5.32 Å². The summed E-state index contributed by atoms with van der Waals surface area (Å²) >= 11 is 3.39. The molecule has 0 aromatic heterocycles. The average Bonchev–Trinajstić information content (AvgIpc) is 2.69. The van der Waals surface area contributed by atoms with E-state index >= 15 is 0 Å². The van der Waals surface area contributed by atoms with Crippen molar-refractivity contribution in [2.24, 2.45) is 5.92 Å². The van der Waals surface area contributed by atoms with Gasteiger partial charge in [0.15, 0.2) is 0 Å². The van der Waals surface area contributed by atoms with Crippen molar-refractivity contribution in [3.05, 3.63) is 28.5 Å². The Morgan fingerprint density at radius 3 is 2.94 bits per heavy atom. The fourth-order valence-electron chi connectivity index (χ4n) is 2.52. The van der Waals surface area contributed by atoms with Crippen molar-refractivity contribution in [1.82, 2.24) is 0 Å². The zero-order valence-electron chi connectivity index (χ0n) is 9.47. The molecule has 2 atom stereocenters. The Morgan fingerprint density at radius 1 is 1.44 bits per heavy atom. The molecule has 0 amide bonds. The molecular formula is C13H17BrFN. The van der Waals surface area contributed by atoms with Crippen LogP contribution < -0.4 is 5.32 Å². The van der Waals surface area contributed by atoms with Crippen molar-refractivity contribution in [3.8, 4) is 0 Å². The normalized spacial score (nSPS) is 24.7. The summed E-state index contributed by atoms with van der Waals surface area (Å²) in [7, 11) is 0. The van der Waals surface area contributed by atoms with E-state index < -0.39 is 0 Å². The Kier molecular flexibility index (Phi) is 3.85. The first-order chi connectivity index (χ1) is 7.70. The second kappa shape index (κ2) is 5.17. The van der Waals surface area contributed by atoms with Gasteiger partial charge in [-0.1, -0.05) is 19.8 Å². The lowest BCUT2D eigenvalue weighted by molar-refractivity contribution is 0.489. The van der Waals surface area contributed by atoms with Crippen LogP contribution in [0.25, 0.3) is 0 Å². The van der Waals surface area contributed by atoms with Gasteiger partial charge in [-0.15, -0.1) is 0 Å².